The summed E-state index contributed by atoms with van der Waals surface area (Å²) < 4.78 is 0. The van der Waals surface area contributed by atoms with Crippen LogP contribution in [0.1, 0.15) is 29.2 Å². The molecule has 2 unspecified atom stereocenters. The number of fused-ring (bicyclic) bond motifs is 1. The Hall–Kier alpha value is -1.20. The van der Waals surface area contributed by atoms with Crippen LogP contribution < -0.4 is 0 Å². The minimum atomic E-state index is -1.28. The van der Waals surface area contributed by atoms with Crippen LogP contribution in [0.15, 0.2) is 53.5 Å². The molecule has 2 atom stereocenters. The smallest absolute Gasteiger partial charge is 0.184 e. The van der Waals surface area contributed by atoms with Gasteiger partial charge in [0.05, 0.1) is 5.25 Å². The van der Waals surface area contributed by atoms with Crippen LogP contribution in [0, 0.1) is 0 Å². The topological polar surface area (TPSA) is 35.8 Å². The van der Waals surface area contributed by atoms with Crippen molar-refractivity contribution in [1.82, 2.24) is 4.90 Å². The first-order valence-corrected chi connectivity index (χ1v) is 9.96. The van der Waals surface area contributed by atoms with Gasteiger partial charge in [-0.1, -0.05) is 71.4 Å². The number of aliphatic hydroxyl groups is 1. The third kappa shape index (κ3) is 2.85. The van der Waals surface area contributed by atoms with Crippen LogP contribution in [0.2, 0.25) is 10.0 Å². The summed E-state index contributed by atoms with van der Waals surface area (Å²) in [6, 6.07) is 15.1. The summed E-state index contributed by atoms with van der Waals surface area (Å²) in [6.45, 7) is 1.53. The number of nitrogens with zero attached hydrogens (tertiary/aromatic N) is 2. The summed E-state index contributed by atoms with van der Waals surface area (Å²) in [5.41, 5.74) is 0.311. The predicted molar refractivity (Wildman–Crippen MR) is 105 cm³/mol. The SMILES string of the molecule is OC1(c2ccccc2Cl)C(c2ccccc2Cl)SC2=NCCCCN21. The second kappa shape index (κ2) is 6.84. The van der Waals surface area contributed by atoms with Crippen LogP contribution in [-0.2, 0) is 5.72 Å². The van der Waals surface area contributed by atoms with Crippen LogP contribution in [0.5, 0.6) is 0 Å². The zero-order valence-corrected chi connectivity index (χ0v) is 15.9. The van der Waals surface area contributed by atoms with Gasteiger partial charge in [-0.2, -0.15) is 0 Å². The van der Waals surface area contributed by atoms with Gasteiger partial charge in [-0.3, -0.25) is 4.99 Å². The average molecular weight is 393 g/mol. The number of aliphatic imine (C=N–C) groups is 1. The third-order valence-corrected chi connectivity index (χ3v) is 6.78. The molecule has 0 spiro atoms. The zero-order chi connectivity index (χ0) is 17.4. The summed E-state index contributed by atoms with van der Waals surface area (Å²) in [4.78, 5) is 6.70. The summed E-state index contributed by atoms with van der Waals surface area (Å²) in [6.07, 6.45) is 2.01. The average Bonchev–Trinajstić information content (AvgIpc) is 2.77. The summed E-state index contributed by atoms with van der Waals surface area (Å²) in [5.74, 6) is 0. The number of rotatable bonds is 2. The molecular weight excluding hydrogens is 375 g/mol. The van der Waals surface area contributed by atoms with Crippen molar-refractivity contribution in [2.45, 2.75) is 23.8 Å². The first-order valence-electron chi connectivity index (χ1n) is 8.33. The molecule has 2 aromatic carbocycles. The van der Waals surface area contributed by atoms with Crippen molar-refractivity contribution in [3.8, 4) is 0 Å². The Morgan fingerprint density at radius 3 is 2.52 bits per heavy atom. The van der Waals surface area contributed by atoms with Gasteiger partial charge in [0.25, 0.3) is 0 Å². The second-order valence-electron chi connectivity index (χ2n) is 6.25. The first-order chi connectivity index (χ1) is 12.1. The van der Waals surface area contributed by atoms with Gasteiger partial charge in [-0.25, -0.2) is 0 Å². The molecule has 2 aromatic rings. The maximum absolute atomic E-state index is 12.0. The largest absolute Gasteiger partial charge is 0.365 e. The van der Waals surface area contributed by atoms with Gasteiger partial charge in [0.15, 0.2) is 10.9 Å². The Morgan fingerprint density at radius 1 is 1.04 bits per heavy atom. The molecule has 25 heavy (non-hydrogen) atoms. The molecule has 4 rings (SSSR count). The van der Waals surface area contributed by atoms with E-state index in [9.17, 15) is 5.11 Å². The van der Waals surface area contributed by atoms with Crippen LogP contribution in [0.3, 0.4) is 0 Å². The van der Waals surface area contributed by atoms with Crippen molar-refractivity contribution in [3.63, 3.8) is 0 Å². The molecule has 0 aliphatic carbocycles. The van der Waals surface area contributed by atoms with Crippen molar-refractivity contribution < 1.29 is 5.11 Å². The van der Waals surface area contributed by atoms with Gasteiger partial charge in [-0.15, -0.1) is 0 Å². The van der Waals surface area contributed by atoms with Crippen LogP contribution in [-0.4, -0.2) is 28.3 Å². The van der Waals surface area contributed by atoms with Gasteiger partial charge in [0.2, 0.25) is 0 Å². The number of amidine groups is 1. The van der Waals surface area contributed by atoms with Crippen molar-refractivity contribution in [3.05, 3.63) is 69.7 Å². The van der Waals surface area contributed by atoms with E-state index in [1.807, 2.05) is 53.4 Å². The molecule has 130 valence electrons. The van der Waals surface area contributed by atoms with Gasteiger partial charge in [-0.05, 0) is 30.5 Å². The molecule has 0 bridgehead atoms. The Bertz CT molecular complexity index is 829. The number of hydrogen-bond donors (Lipinski definition) is 1. The molecule has 1 saturated heterocycles. The van der Waals surface area contributed by atoms with E-state index in [-0.39, 0.29) is 5.25 Å². The molecule has 2 aliphatic heterocycles. The lowest BCUT2D eigenvalue weighted by molar-refractivity contribution is -0.0711. The second-order valence-corrected chi connectivity index (χ2v) is 8.14. The number of hydrogen-bond acceptors (Lipinski definition) is 4. The van der Waals surface area contributed by atoms with E-state index in [1.54, 1.807) is 11.8 Å². The molecule has 1 N–H and O–H groups in total. The lowest BCUT2D eigenvalue weighted by Gasteiger charge is -2.38. The normalized spacial score (nSPS) is 26.1. The van der Waals surface area contributed by atoms with E-state index in [1.165, 1.54) is 0 Å². The van der Waals surface area contributed by atoms with E-state index in [4.69, 9.17) is 28.2 Å². The van der Waals surface area contributed by atoms with Gasteiger partial charge < -0.3 is 10.0 Å². The van der Waals surface area contributed by atoms with Crippen molar-refractivity contribution >= 4 is 40.1 Å². The van der Waals surface area contributed by atoms with Crippen LogP contribution >= 0.6 is 35.0 Å². The van der Waals surface area contributed by atoms with E-state index in [0.29, 0.717) is 15.6 Å². The van der Waals surface area contributed by atoms with Gasteiger partial charge in [0.1, 0.15) is 0 Å². The van der Waals surface area contributed by atoms with Gasteiger partial charge >= 0.3 is 0 Å². The minimum Gasteiger partial charge on any atom is -0.365 e. The molecule has 3 nitrogen and oxygen atoms in total. The molecule has 2 heterocycles. The van der Waals surface area contributed by atoms with Crippen molar-refractivity contribution in [2.24, 2.45) is 4.99 Å². The van der Waals surface area contributed by atoms with Crippen molar-refractivity contribution in [1.29, 1.82) is 0 Å². The third-order valence-electron chi connectivity index (χ3n) is 4.73. The standard InChI is InChI=1S/C19H18Cl2N2OS/c20-15-9-3-1-7-13(15)17-19(24,14-8-2-4-10-16(14)21)23-12-6-5-11-22-18(23)25-17/h1-4,7-10,17,24H,5-6,11-12H2. The molecule has 0 radical (unpaired) electrons. The molecule has 1 fully saturated rings. The molecule has 2 aliphatic rings. The maximum Gasteiger partial charge on any atom is 0.184 e. The molecule has 0 amide bonds. The molecule has 0 aromatic heterocycles. The minimum absolute atomic E-state index is 0.294. The lowest BCUT2D eigenvalue weighted by atomic mass is 9.92. The highest BCUT2D eigenvalue weighted by atomic mass is 35.5. The number of thioether (sulfide) groups is 1. The van der Waals surface area contributed by atoms with Crippen molar-refractivity contribution in [2.75, 3.05) is 13.1 Å². The monoisotopic (exact) mass is 392 g/mol. The van der Waals surface area contributed by atoms with E-state index >= 15 is 0 Å². The molecular formula is C19H18Cl2N2OS. The summed E-state index contributed by atoms with van der Waals surface area (Å²) >= 11 is 14.5. The Balaban J connectivity index is 1.92. The summed E-state index contributed by atoms with van der Waals surface area (Å²) in [7, 11) is 0. The highest BCUT2D eigenvalue weighted by Crippen LogP contribution is 2.56. The van der Waals surface area contributed by atoms with Crippen LogP contribution in [0.4, 0.5) is 0 Å². The van der Waals surface area contributed by atoms with Crippen LogP contribution in [0.25, 0.3) is 0 Å². The zero-order valence-electron chi connectivity index (χ0n) is 13.5. The quantitative estimate of drug-likeness (QED) is 0.773. The Kier molecular flexibility index (Phi) is 4.71. The predicted octanol–water partition coefficient (Wildman–Crippen LogP) is 5.08. The summed E-state index contributed by atoms with van der Waals surface area (Å²) in [5, 5.41) is 13.7. The number of halogens is 2. The maximum atomic E-state index is 12.0. The van der Waals surface area contributed by atoms with Gasteiger partial charge in [0, 0.05) is 28.7 Å². The fraction of sp³-hybridized carbons (Fsp3) is 0.316. The molecule has 0 saturated carbocycles. The Morgan fingerprint density at radius 2 is 1.76 bits per heavy atom. The van der Waals surface area contributed by atoms with E-state index in [0.717, 1.165) is 36.7 Å². The van der Waals surface area contributed by atoms with E-state index in [2.05, 4.69) is 0 Å². The fourth-order valence-corrected chi connectivity index (χ4v) is 5.57. The molecule has 6 heteroatoms. The number of benzene rings is 2. The highest BCUT2D eigenvalue weighted by Gasteiger charge is 2.54. The lowest BCUT2D eigenvalue weighted by Crippen LogP contribution is -2.46. The fourth-order valence-electron chi connectivity index (χ4n) is 3.50. The first kappa shape index (κ1) is 17.2. The van der Waals surface area contributed by atoms with E-state index < -0.39 is 5.72 Å². The Labute approximate surface area is 161 Å². The highest BCUT2D eigenvalue weighted by molar-refractivity contribution is 8.14.